The average Bonchev–Trinajstić information content (AvgIpc) is 2.88. The lowest BCUT2D eigenvalue weighted by atomic mass is 10.2. The van der Waals surface area contributed by atoms with E-state index in [-0.39, 0.29) is 0 Å². The van der Waals surface area contributed by atoms with Gasteiger partial charge in [0.15, 0.2) is 0 Å². The van der Waals surface area contributed by atoms with Crippen LogP contribution in [-0.4, -0.2) is 25.7 Å². The molecule has 0 aliphatic rings. The molecule has 0 atom stereocenters. The first-order chi connectivity index (χ1) is 8.83. The Morgan fingerprint density at radius 2 is 2.06 bits per heavy atom. The summed E-state index contributed by atoms with van der Waals surface area (Å²) in [4.78, 5) is 4.47. The quantitative estimate of drug-likeness (QED) is 0.795. The van der Waals surface area contributed by atoms with Crippen molar-refractivity contribution in [2.75, 3.05) is 20.7 Å². The summed E-state index contributed by atoms with van der Waals surface area (Å²) in [5.74, 6) is 1.50. The highest BCUT2D eigenvalue weighted by Crippen LogP contribution is 2.21. The van der Waals surface area contributed by atoms with Crippen molar-refractivity contribution in [3.05, 3.63) is 36.2 Å². The second kappa shape index (κ2) is 6.21. The first kappa shape index (κ1) is 12.6. The van der Waals surface area contributed by atoms with Crippen LogP contribution in [0.25, 0.3) is 11.5 Å². The zero-order valence-electron chi connectivity index (χ0n) is 10.8. The van der Waals surface area contributed by atoms with E-state index in [1.165, 1.54) is 0 Å². The lowest BCUT2D eigenvalue weighted by molar-refractivity contribution is 0.415. The van der Waals surface area contributed by atoms with Gasteiger partial charge in [0, 0.05) is 5.56 Å². The second-order valence-electron chi connectivity index (χ2n) is 4.08. The van der Waals surface area contributed by atoms with Gasteiger partial charge < -0.3 is 14.5 Å². The second-order valence-corrected chi connectivity index (χ2v) is 4.08. The van der Waals surface area contributed by atoms with Crippen molar-refractivity contribution in [3.8, 4) is 17.2 Å². The van der Waals surface area contributed by atoms with Crippen molar-refractivity contribution >= 4 is 0 Å². The number of hydrogen-bond acceptors (Lipinski definition) is 4. The largest absolute Gasteiger partial charge is 0.497 e. The van der Waals surface area contributed by atoms with Gasteiger partial charge >= 0.3 is 0 Å². The van der Waals surface area contributed by atoms with E-state index in [4.69, 9.17) is 9.15 Å². The summed E-state index contributed by atoms with van der Waals surface area (Å²) in [6.45, 7) is 0.991. The number of nitrogens with one attached hydrogen (secondary N) is 1. The molecular weight excluding hydrogens is 228 g/mol. The van der Waals surface area contributed by atoms with Crippen molar-refractivity contribution in [1.82, 2.24) is 10.3 Å². The van der Waals surface area contributed by atoms with Gasteiger partial charge in [-0.05, 0) is 50.7 Å². The topological polar surface area (TPSA) is 47.3 Å². The Labute approximate surface area is 107 Å². The molecular formula is C14H18N2O2. The molecule has 0 saturated heterocycles. The van der Waals surface area contributed by atoms with Gasteiger partial charge in [-0.1, -0.05) is 0 Å². The number of rotatable bonds is 6. The van der Waals surface area contributed by atoms with Gasteiger partial charge in [-0.3, -0.25) is 0 Å². The van der Waals surface area contributed by atoms with E-state index in [0.29, 0.717) is 5.89 Å². The summed E-state index contributed by atoms with van der Waals surface area (Å²) in [7, 11) is 3.60. The molecule has 96 valence electrons. The maximum absolute atomic E-state index is 5.48. The van der Waals surface area contributed by atoms with Crippen LogP contribution in [0.15, 0.2) is 34.9 Å². The van der Waals surface area contributed by atoms with Crippen LogP contribution in [0.3, 0.4) is 0 Å². The summed E-state index contributed by atoms with van der Waals surface area (Å²) in [6.07, 6.45) is 3.72. The third kappa shape index (κ3) is 3.11. The average molecular weight is 246 g/mol. The molecule has 1 heterocycles. The number of hydrogen-bond donors (Lipinski definition) is 1. The standard InChI is InChI=1S/C14H18N2O2/c1-15-9-3-4-12-10-18-14(16-12)11-5-7-13(17-2)8-6-11/h5-8,10,15H,3-4,9H2,1-2H3. The summed E-state index contributed by atoms with van der Waals surface area (Å²) in [6, 6.07) is 7.70. The minimum Gasteiger partial charge on any atom is -0.497 e. The molecule has 1 aromatic heterocycles. The number of methoxy groups -OCH3 is 1. The zero-order valence-corrected chi connectivity index (χ0v) is 10.8. The van der Waals surface area contributed by atoms with E-state index in [2.05, 4.69) is 10.3 Å². The molecule has 0 aliphatic carbocycles. The van der Waals surface area contributed by atoms with Crippen molar-refractivity contribution in [3.63, 3.8) is 0 Å². The fraction of sp³-hybridized carbons (Fsp3) is 0.357. The van der Waals surface area contributed by atoms with Gasteiger partial charge in [0.05, 0.1) is 12.8 Å². The predicted octanol–water partition coefficient (Wildman–Crippen LogP) is 2.50. The Morgan fingerprint density at radius 3 is 2.72 bits per heavy atom. The predicted molar refractivity (Wildman–Crippen MR) is 70.7 cm³/mol. The van der Waals surface area contributed by atoms with E-state index in [1.54, 1.807) is 13.4 Å². The Balaban J connectivity index is 2.04. The molecule has 0 bridgehead atoms. The highest BCUT2D eigenvalue weighted by molar-refractivity contribution is 5.54. The number of aromatic nitrogens is 1. The molecule has 0 amide bonds. The van der Waals surface area contributed by atoms with Crippen LogP contribution in [0.1, 0.15) is 12.1 Å². The molecule has 2 rings (SSSR count). The molecule has 1 aromatic carbocycles. The van der Waals surface area contributed by atoms with Crippen molar-refractivity contribution in [2.45, 2.75) is 12.8 Å². The highest BCUT2D eigenvalue weighted by Gasteiger charge is 2.06. The van der Waals surface area contributed by atoms with Crippen LogP contribution < -0.4 is 10.1 Å². The van der Waals surface area contributed by atoms with Gasteiger partial charge in [-0.15, -0.1) is 0 Å². The summed E-state index contributed by atoms with van der Waals surface area (Å²) in [5.41, 5.74) is 1.96. The van der Waals surface area contributed by atoms with Crippen molar-refractivity contribution in [2.24, 2.45) is 0 Å². The normalized spacial score (nSPS) is 10.6. The number of nitrogens with zero attached hydrogens (tertiary/aromatic N) is 1. The number of aryl methyl sites for hydroxylation is 1. The van der Waals surface area contributed by atoms with Gasteiger partial charge in [0.1, 0.15) is 12.0 Å². The Kier molecular flexibility index (Phi) is 4.36. The van der Waals surface area contributed by atoms with Gasteiger partial charge in [-0.2, -0.15) is 0 Å². The van der Waals surface area contributed by atoms with Crippen LogP contribution in [0.2, 0.25) is 0 Å². The van der Waals surface area contributed by atoms with Crippen LogP contribution in [0, 0.1) is 0 Å². The van der Waals surface area contributed by atoms with E-state index in [0.717, 1.165) is 36.4 Å². The van der Waals surface area contributed by atoms with E-state index in [9.17, 15) is 0 Å². The maximum Gasteiger partial charge on any atom is 0.226 e. The molecule has 0 aliphatic heterocycles. The molecule has 1 N–H and O–H groups in total. The van der Waals surface area contributed by atoms with Gasteiger partial charge in [0.25, 0.3) is 0 Å². The van der Waals surface area contributed by atoms with Gasteiger partial charge in [0.2, 0.25) is 5.89 Å². The summed E-state index contributed by atoms with van der Waals surface area (Å²) in [5, 5.41) is 3.12. The molecule has 0 unspecified atom stereocenters. The summed E-state index contributed by atoms with van der Waals surface area (Å²) < 4.78 is 10.6. The van der Waals surface area contributed by atoms with E-state index < -0.39 is 0 Å². The monoisotopic (exact) mass is 246 g/mol. The highest BCUT2D eigenvalue weighted by atomic mass is 16.5. The summed E-state index contributed by atoms with van der Waals surface area (Å²) >= 11 is 0. The molecule has 0 saturated carbocycles. The van der Waals surface area contributed by atoms with E-state index >= 15 is 0 Å². The molecule has 18 heavy (non-hydrogen) atoms. The maximum atomic E-state index is 5.48. The molecule has 4 heteroatoms. The molecule has 0 spiro atoms. The first-order valence-corrected chi connectivity index (χ1v) is 6.07. The SMILES string of the molecule is CNCCCc1coc(-c2ccc(OC)cc2)n1. The van der Waals surface area contributed by atoms with Crippen LogP contribution in [-0.2, 0) is 6.42 Å². The van der Waals surface area contributed by atoms with Crippen LogP contribution in [0.5, 0.6) is 5.75 Å². The number of benzene rings is 1. The molecule has 0 fully saturated rings. The van der Waals surface area contributed by atoms with Crippen LogP contribution >= 0.6 is 0 Å². The minimum atomic E-state index is 0.664. The lowest BCUT2D eigenvalue weighted by Gasteiger charge is -1.99. The van der Waals surface area contributed by atoms with Crippen molar-refractivity contribution in [1.29, 1.82) is 0 Å². The minimum absolute atomic E-state index is 0.664. The third-order valence-electron chi connectivity index (χ3n) is 2.75. The third-order valence-corrected chi connectivity index (χ3v) is 2.75. The van der Waals surface area contributed by atoms with Crippen molar-refractivity contribution < 1.29 is 9.15 Å². The number of oxazole rings is 1. The first-order valence-electron chi connectivity index (χ1n) is 6.07. The number of ether oxygens (including phenoxy) is 1. The molecule has 0 radical (unpaired) electrons. The Morgan fingerprint density at radius 1 is 1.28 bits per heavy atom. The molecule has 2 aromatic rings. The zero-order chi connectivity index (χ0) is 12.8. The van der Waals surface area contributed by atoms with Gasteiger partial charge in [-0.25, -0.2) is 4.98 Å². The Bertz CT molecular complexity index is 477. The fourth-order valence-corrected chi connectivity index (χ4v) is 1.73. The Hall–Kier alpha value is -1.81. The fourth-order valence-electron chi connectivity index (χ4n) is 1.73. The van der Waals surface area contributed by atoms with Crippen LogP contribution in [0.4, 0.5) is 0 Å². The molecule has 4 nitrogen and oxygen atoms in total. The smallest absolute Gasteiger partial charge is 0.226 e. The van der Waals surface area contributed by atoms with E-state index in [1.807, 2.05) is 31.3 Å². The lowest BCUT2D eigenvalue weighted by Crippen LogP contribution is -2.08.